The molecule has 0 saturated carbocycles. The van der Waals surface area contributed by atoms with E-state index < -0.39 is 5.97 Å². The van der Waals surface area contributed by atoms with Gasteiger partial charge >= 0.3 is 5.97 Å². The minimum atomic E-state index is -0.850. The van der Waals surface area contributed by atoms with E-state index >= 15 is 0 Å². The third kappa shape index (κ3) is 3.51. The fourth-order valence-electron chi connectivity index (χ4n) is 1.95. The van der Waals surface area contributed by atoms with Gasteiger partial charge in [-0.25, -0.2) is 0 Å². The van der Waals surface area contributed by atoms with Gasteiger partial charge in [0.15, 0.2) is 0 Å². The smallest absolute Gasteiger partial charge is 0.305 e. The molecule has 0 radical (unpaired) electrons. The van der Waals surface area contributed by atoms with E-state index in [1.807, 2.05) is 0 Å². The molecular weight excluding hydrogens is 198 g/mol. The summed E-state index contributed by atoms with van der Waals surface area (Å²) in [4.78, 5) is 23.9. The first-order valence-corrected chi connectivity index (χ1v) is 5.15. The first-order chi connectivity index (χ1) is 7.15. The largest absolute Gasteiger partial charge is 0.481 e. The van der Waals surface area contributed by atoms with Crippen molar-refractivity contribution in [1.29, 1.82) is 0 Å². The van der Waals surface area contributed by atoms with E-state index in [4.69, 9.17) is 9.84 Å². The van der Waals surface area contributed by atoms with E-state index in [0.29, 0.717) is 6.54 Å². The zero-order chi connectivity index (χ0) is 11.3. The normalized spacial score (nSPS) is 21.4. The number of rotatable bonds is 4. The fraction of sp³-hybridized carbons (Fsp3) is 0.800. The second-order valence-electron chi connectivity index (χ2n) is 3.77. The minimum Gasteiger partial charge on any atom is -0.481 e. The average molecular weight is 215 g/mol. The molecule has 0 spiro atoms. The Bertz CT molecular complexity index is 242. The average Bonchev–Trinajstić information content (AvgIpc) is 2.18. The van der Waals surface area contributed by atoms with E-state index in [0.717, 1.165) is 19.3 Å². The number of hydrogen-bond acceptors (Lipinski definition) is 3. The number of piperidine rings is 1. The number of carbonyl (C=O) groups excluding carboxylic acids is 1. The van der Waals surface area contributed by atoms with Crippen LogP contribution >= 0.6 is 0 Å². The summed E-state index contributed by atoms with van der Waals surface area (Å²) >= 11 is 0. The zero-order valence-corrected chi connectivity index (χ0v) is 8.94. The first kappa shape index (κ1) is 12.0. The van der Waals surface area contributed by atoms with Gasteiger partial charge in [-0.2, -0.15) is 0 Å². The van der Waals surface area contributed by atoms with Gasteiger partial charge in [-0.05, 0) is 19.3 Å². The standard InChI is InChI=1S/C10H17NO4/c1-15-7-9(12)11-5-3-2-4-8(11)6-10(13)14/h8H,2-7H2,1H3,(H,13,14). The van der Waals surface area contributed by atoms with Crippen LogP contribution in [0.15, 0.2) is 0 Å². The number of hydrogen-bond donors (Lipinski definition) is 1. The Kier molecular flexibility index (Phi) is 4.55. The van der Waals surface area contributed by atoms with E-state index in [1.165, 1.54) is 7.11 Å². The van der Waals surface area contributed by atoms with Gasteiger partial charge in [-0.3, -0.25) is 9.59 Å². The summed E-state index contributed by atoms with van der Waals surface area (Å²) < 4.78 is 4.77. The van der Waals surface area contributed by atoms with Crippen LogP contribution in [0.3, 0.4) is 0 Å². The highest BCUT2D eigenvalue weighted by Crippen LogP contribution is 2.19. The van der Waals surface area contributed by atoms with Gasteiger partial charge in [0.25, 0.3) is 0 Å². The molecule has 5 heteroatoms. The van der Waals surface area contributed by atoms with Gasteiger partial charge in [0.1, 0.15) is 6.61 Å². The third-order valence-corrected chi connectivity index (χ3v) is 2.63. The third-order valence-electron chi connectivity index (χ3n) is 2.63. The number of methoxy groups -OCH3 is 1. The van der Waals surface area contributed by atoms with Crippen molar-refractivity contribution >= 4 is 11.9 Å². The molecule has 0 aliphatic carbocycles. The summed E-state index contributed by atoms with van der Waals surface area (Å²) in [6, 6.07) is -0.154. The number of nitrogens with zero attached hydrogens (tertiary/aromatic N) is 1. The lowest BCUT2D eigenvalue weighted by molar-refractivity contribution is -0.143. The van der Waals surface area contributed by atoms with Crippen LogP contribution in [0.25, 0.3) is 0 Å². The predicted molar refractivity (Wildman–Crippen MR) is 53.5 cm³/mol. The molecule has 1 N–H and O–H groups in total. The Morgan fingerprint density at radius 3 is 2.80 bits per heavy atom. The van der Waals surface area contributed by atoms with Crippen molar-refractivity contribution in [3.05, 3.63) is 0 Å². The Morgan fingerprint density at radius 1 is 1.47 bits per heavy atom. The van der Waals surface area contributed by atoms with Gasteiger partial charge in [0.05, 0.1) is 6.42 Å². The number of amides is 1. The van der Waals surface area contributed by atoms with Crippen LogP contribution in [-0.2, 0) is 14.3 Å². The molecule has 1 saturated heterocycles. The van der Waals surface area contributed by atoms with Crippen LogP contribution in [0.1, 0.15) is 25.7 Å². The van der Waals surface area contributed by atoms with Crippen LogP contribution in [-0.4, -0.2) is 48.2 Å². The second-order valence-corrected chi connectivity index (χ2v) is 3.77. The van der Waals surface area contributed by atoms with Crippen molar-refractivity contribution in [2.24, 2.45) is 0 Å². The van der Waals surface area contributed by atoms with Crippen LogP contribution in [0, 0.1) is 0 Å². The highest BCUT2D eigenvalue weighted by Gasteiger charge is 2.27. The molecule has 1 atom stereocenters. The Balaban J connectivity index is 2.56. The summed E-state index contributed by atoms with van der Waals surface area (Å²) in [6.07, 6.45) is 2.76. The van der Waals surface area contributed by atoms with Gasteiger partial charge in [-0.15, -0.1) is 0 Å². The van der Waals surface area contributed by atoms with E-state index in [1.54, 1.807) is 4.90 Å². The lowest BCUT2D eigenvalue weighted by Crippen LogP contribution is -2.46. The quantitative estimate of drug-likeness (QED) is 0.741. The van der Waals surface area contributed by atoms with Gasteiger partial charge in [-0.1, -0.05) is 0 Å². The van der Waals surface area contributed by atoms with Crippen LogP contribution < -0.4 is 0 Å². The highest BCUT2D eigenvalue weighted by atomic mass is 16.5. The van der Waals surface area contributed by atoms with Crippen molar-refractivity contribution in [1.82, 2.24) is 4.90 Å². The van der Waals surface area contributed by atoms with E-state index in [2.05, 4.69) is 0 Å². The van der Waals surface area contributed by atoms with Crippen LogP contribution in [0.5, 0.6) is 0 Å². The number of likely N-dealkylation sites (tertiary alicyclic amines) is 1. The topological polar surface area (TPSA) is 66.8 Å². The molecule has 1 heterocycles. The minimum absolute atomic E-state index is 0.0372. The molecule has 1 amide bonds. The Labute approximate surface area is 89.0 Å². The maximum atomic E-state index is 11.6. The highest BCUT2D eigenvalue weighted by molar-refractivity contribution is 5.78. The number of carbonyl (C=O) groups is 2. The second kappa shape index (κ2) is 5.70. The molecule has 1 fully saturated rings. The summed E-state index contributed by atoms with van der Waals surface area (Å²) in [5.41, 5.74) is 0. The number of carboxylic acid groups (broad SMARTS) is 1. The molecule has 1 aliphatic heterocycles. The molecular formula is C10H17NO4. The summed E-state index contributed by atoms with van der Waals surface area (Å²) in [5.74, 6) is -0.958. The molecule has 1 unspecified atom stereocenters. The lowest BCUT2D eigenvalue weighted by Gasteiger charge is -2.34. The van der Waals surface area contributed by atoms with Crippen LogP contribution in [0.2, 0.25) is 0 Å². The molecule has 0 bridgehead atoms. The SMILES string of the molecule is COCC(=O)N1CCCCC1CC(=O)O. The maximum Gasteiger partial charge on any atom is 0.305 e. The number of ether oxygens (including phenoxy) is 1. The first-order valence-electron chi connectivity index (χ1n) is 5.15. The maximum absolute atomic E-state index is 11.6. The van der Waals surface area contributed by atoms with Crippen LogP contribution in [0.4, 0.5) is 0 Å². The molecule has 0 aromatic heterocycles. The van der Waals surface area contributed by atoms with Gasteiger partial charge < -0.3 is 14.7 Å². The van der Waals surface area contributed by atoms with E-state index in [-0.39, 0.29) is 25.0 Å². The zero-order valence-electron chi connectivity index (χ0n) is 8.94. The van der Waals surface area contributed by atoms with Crippen molar-refractivity contribution in [3.63, 3.8) is 0 Å². The number of carboxylic acids is 1. The summed E-state index contributed by atoms with van der Waals surface area (Å²) in [5, 5.41) is 8.73. The summed E-state index contributed by atoms with van der Waals surface area (Å²) in [6.45, 7) is 0.691. The number of aliphatic carboxylic acids is 1. The summed E-state index contributed by atoms with van der Waals surface area (Å²) in [7, 11) is 1.47. The molecule has 1 rings (SSSR count). The Hall–Kier alpha value is -1.10. The lowest BCUT2D eigenvalue weighted by atomic mass is 9.99. The molecule has 5 nitrogen and oxygen atoms in total. The van der Waals surface area contributed by atoms with Crippen molar-refractivity contribution in [3.8, 4) is 0 Å². The molecule has 0 aromatic rings. The molecule has 15 heavy (non-hydrogen) atoms. The van der Waals surface area contributed by atoms with Crippen molar-refractivity contribution in [2.75, 3.05) is 20.3 Å². The van der Waals surface area contributed by atoms with Crippen molar-refractivity contribution in [2.45, 2.75) is 31.7 Å². The monoisotopic (exact) mass is 215 g/mol. The molecule has 86 valence electrons. The van der Waals surface area contributed by atoms with Gasteiger partial charge in [0.2, 0.25) is 5.91 Å². The fourth-order valence-corrected chi connectivity index (χ4v) is 1.95. The molecule has 1 aliphatic rings. The Morgan fingerprint density at radius 2 is 2.20 bits per heavy atom. The predicted octanol–water partition coefficient (Wildman–Crippen LogP) is 0.489. The van der Waals surface area contributed by atoms with Crippen molar-refractivity contribution < 1.29 is 19.4 Å². The molecule has 0 aromatic carbocycles. The van der Waals surface area contributed by atoms with Gasteiger partial charge in [0, 0.05) is 19.7 Å². The van der Waals surface area contributed by atoms with E-state index in [9.17, 15) is 9.59 Å².